The summed E-state index contributed by atoms with van der Waals surface area (Å²) in [7, 11) is 2.18. The predicted molar refractivity (Wildman–Crippen MR) is 43.9 cm³/mol. The van der Waals surface area contributed by atoms with E-state index >= 15 is 0 Å². The third-order valence-corrected chi connectivity index (χ3v) is 2.07. The van der Waals surface area contributed by atoms with Crippen LogP contribution in [0, 0.1) is 6.92 Å². The molecule has 11 heavy (non-hydrogen) atoms. The maximum Gasteiger partial charge on any atom is 0.0109 e. The van der Waals surface area contributed by atoms with Crippen LogP contribution in [0.3, 0.4) is 0 Å². The summed E-state index contributed by atoms with van der Waals surface area (Å²) in [5.41, 5.74) is 0. The van der Waals surface area contributed by atoms with Gasteiger partial charge in [-0.05, 0) is 13.6 Å². The van der Waals surface area contributed by atoms with Crippen LogP contribution < -0.4 is 0 Å². The van der Waals surface area contributed by atoms with Gasteiger partial charge in [-0.2, -0.15) is 6.42 Å². The van der Waals surface area contributed by atoms with E-state index in [4.69, 9.17) is 0 Å². The predicted octanol–water partition coefficient (Wildman–Crippen LogP) is 0.455. The van der Waals surface area contributed by atoms with Gasteiger partial charge in [0.05, 0.1) is 0 Å². The molecule has 0 atom stereocenters. The normalized spacial score (nSPS) is 21.3. The van der Waals surface area contributed by atoms with E-state index in [1.807, 2.05) is 0 Å². The van der Waals surface area contributed by atoms with Crippen LogP contribution in [0.4, 0.5) is 0 Å². The molecule has 0 saturated carbocycles. The quantitative estimate of drug-likeness (QED) is 0.636. The summed E-state index contributed by atoms with van der Waals surface area (Å²) in [6.45, 7) is 9.92. The van der Waals surface area contributed by atoms with Crippen LogP contribution >= 0.6 is 0 Å². The molecule has 63 valence electrons. The van der Waals surface area contributed by atoms with Gasteiger partial charge in [-0.15, -0.1) is 0 Å². The summed E-state index contributed by atoms with van der Waals surface area (Å²) in [6.07, 6.45) is 1.05. The van der Waals surface area contributed by atoms with E-state index in [0.29, 0.717) is 0 Å². The molecule has 3 heteroatoms. The molecule has 0 aliphatic carbocycles. The van der Waals surface area contributed by atoms with Gasteiger partial charge in [-0.1, -0.05) is 0 Å². The smallest absolute Gasteiger partial charge is 0.0109 e. The Labute approximate surface area is 95.2 Å². The van der Waals surface area contributed by atoms with Gasteiger partial charge in [0.1, 0.15) is 0 Å². The van der Waals surface area contributed by atoms with E-state index < -0.39 is 0 Å². The topological polar surface area (TPSA) is 6.48 Å². The number of piperazine rings is 1. The van der Waals surface area contributed by atoms with Gasteiger partial charge in [-0.25, -0.2) is 0 Å². The van der Waals surface area contributed by atoms with Gasteiger partial charge in [-0.3, -0.25) is 0 Å². The van der Waals surface area contributed by atoms with Crippen molar-refractivity contribution in [1.29, 1.82) is 0 Å². The molecule has 1 saturated heterocycles. The molecule has 1 aliphatic heterocycles. The van der Waals surface area contributed by atoms with Crippen molar-refractivity contribution in [2.24, 2.45) is 0 Å². The average Bonchev–Trinajstić information content (AvgIpc) is 1.95. The molecule has 0 aromatic carbocycles. The summed E-state index contributed by atoms with van der Waals surface area (Å²) >= 11 is 0. The molecule has 0 N–H and O–H groups in total. The molecule has 0 aromatic rings. The van der Waals surface area contributed by atoms with Crippen LogP contribution in [0.25, 0.3) is 0 Å². The zero-order valence-corrected chi connectivity index (χ0v) is 10.3. The first-order valence-electron chi connectivity index (χ1n) is 4.03. The largest absolute Gasteiger partial charge is 0.342 e. The number of nitrogens with zero attached hydrogens (tertiary/aromatic N) is 2. The van der Waals surface area contributed by atoms with Crippen molar-refractivity contribution >= 4 is 0 Å². The average molecular weight is 230 g/mol. The molecule has 2 nitrogen and oxygen atoms in total. The van der Waals surface area contributed by atoms with Crippen LogP contribution in [0.1, 0.15) is 6.42 Å². The first-order chi connectivity index (χ1) is 4.83. The molecule has 0 aromatic heterocycles. The Morgan fingerprint density at radius 3 is 2.18 bits per heavy atom. The second kappa shape index (κ2) is 6.53. The summed E-state index contributed by atoms with van der Waals surface area (Å²) in [6, 6.07) is 0. The van der Waals surface area contributed by atoms with Gasteiger partial charge in [0.25, 0.3) is 0 Å². The maximum atomic E-state index is 3.84. The summed E-state index contributed by atoms with van der Waals surface area (Å²) in [4.78, 5) is 4.85. The van der Waals surface area contributed by atoms with Crippen LogP contribution in [-0.4, -0.2) is 49.6 Å². The van der Waals surface area contributed by atoms with E-state index in [1.165, 1.54) is 32.7 Å². The Bertz CT molecular complexity index is 90.1. The first-order valence-corrected chi connectivity index (χ1v) is 4.03. The number of hydrogen-bond acceptors (Lipinski definition) is 2. The van der Waals surface area contributed by atoms with E-state index in [1.54, 1.807) is 0 Å². The molecule has 1 radical (unpaired) electrons. The second-order valence-corrected chi connectivity index (χ2v) is 3.00. The molecular formula is C8H17N2Y-. The molecular weight excluding hydrogens is 213 g/mol. The summed E-state index contributed by atoms with van der Waals surface area (Å²) in [5.74, 6) is 0. The molecule has 1 fully saturated rings. The molecule has 0 spiro atoms. The van der Waals surface area contributed by atoms with E-state index in [-0.39, 0.29) is 32.7 Å². The summed E-state index contributed by atoms with van der Waals surface area (Å²) < 4.78 is 0. The second-order valence-electron chi connectivity index (χ2n) is 3.00. The van der Waals surface area contributed by atoms with Gasteiger partial charge < -0.3 is 16.7 Å². The minimum Gasteiger partial charge on any atom is -0.342 e. The van der Waals surface area contributed by atoms with Crippen LogP contribution in [0.2, 0.25) is 0 Å². The fraction of sp³-hybridized carbons (Fsp3) is 0.875. The summed E-state index contributed by atoms with van der Waals surface area (Å²) in [5, 5.41) is 0. The fourth-order valence-electron chi connectivity index (χ4n) is 1.30. The minimum atomic E-state index is 0. The molecule has 1 rings (SSSR count). The van der Waals surface area contributed by atoms with Gasteiger partial charge in [0, 0.05) is 58.9 Å². The number of hydrogen-bond donors (Lipinski definition) is 0. The third kappa shape index (κ3) is 4.56. The Balaban J connectivity index is 0.000001000. The number of rotatable bonds is 2. The Hall–Kier alpha value is 1.02. The first kappa shape index (κ1) is 12.0. The van der Waals surface area contributed by atoms with Gasteiger partial charge in [0.2, 0.25) is 0 Å². The van der Waals surface area contributed by atoms with Crippen molar-refractivity contribution in [1.82, 2.24) is 9.80 Å². The van der Waals surface area contributed by atoms with E-state index in [9.17, 15) is 0 Å². The van der Waals surface area contributed by atoms with Crippen molar-refractivity contribution in [3.8, 4) is 0 Å². The van der Waals surface area contributed by atoms with Crippen molar-refractivity contribution in [3.05, 3.63) is 6.92 Å². The Morgan fingerprint density at radius 1 is 1.18 bits per heavy atom. The van der Waals surface area contributed by atoms with Crippen molar-refractivity contribution in [2.45, 2.75) is 6.42 Å². The number of likely N-dealkylation sites (N-methyl/N-ethyl adjacent to an activating group) is 1. The zero-order valence-electron chi connectivity index (χ0n) is 7.42. The molecule has 1 heterocycles. The van der Waals surface area contributed by atoms with E-state index in [2.05, 4.69) is 23.8 Å². The van der Waals surface area contributed by atoms with Crippen LogP contribution in [-0.2, 0) is 32.7 Å². The van der Waals surface area contributed by atoms with Crippen molar-refractivity contribution < 1.29 is 32.7 Å². The van der Waals surface area contributed by atoms with E-state index in [0.717, 1.165) is 6.42 Å². The monoisotopic (exact) mass is 230 g/mol. The SMILES string of the molecule is [CH2-]CCN1CCN(C)CC1.[Y]. The molecule has 0 amide bonds. The Morgan fingerprint density at radius 2 is 1.73 bits per heavy atom. The maximum absolute atomic E-state index is 3.84. The molecule has 0 bridgehead atoms. The van der Waals surface area contributed by atoms with Crippen molar-refractivity contribution in [2.75, 3.05) is 39.8 Å². The van der Waals surface area contributed by atoms with Gasteiger partial charge >= 0.3 is 0 Å². The Kier molecular flexibility index (Phi) is 7.14. The minimum absolute atomic E-state index is 0. The van der Waals surface area contributed by atoms with Crippen LogP contribution in [0.15, 0.2) is 0 Å². The van der Waals surface area contributed by atoms with Gasteiger partial charge in [0.15, 0.2) is 0 Å². The fourth-order valence-corrected chi connectivity index (χ4v) is 1.30. The zero-order chi connectivity index (χ0) is 7.40. The van der Waals surface area contributed by atoms with Crippen molar-refractivity contribution in [3.63, 3.8) is 0 Å². The third-order valence-electron chi connectivity index (χ3n) is 2.07. The molecule has 0 unspecified atom stereocenters. The standard InChI is InChI=1S/C8H17N2.Y/c1-3-4-10-7-5-9(2)6-8-10;/h1,3-8H2,2H3;/q-1;. The molecule has 1 aliphatic rings. The van der Waals surface area contributed by atoms with Crippen LogP contribution in [0.5, 0.6) is 0 Å².